The number of hydrogen-bond donors (Lipinski definition) is 0. The van der Waals surface area contributed by atoms with E-state index in [4.69, 9.17) is 14.2 Å². The van der Waals surface area contributed by atoms with Crippen LogP contribution in [0.4, 0.5) is 11.4 Å². The Morgan fingerprint density at radius 2 is 0.830 bits per heavy atom. The molecule has 0 N–H and O–H groups in total. The zero-order valence-corrected chi connectivity index (χ0v) is 33.3. The number of fused-ring (bicyclic) bond motifs is 3. The molecule has 1 aliphatic rings. The van der Waals surface area contributed by atoms with Crippen LogP contribution in [-0.2, 0) is 47.5 Å². The highest BCUT2D eigenvalue weighted by molar-refractivity contribution is 7.89. The van der Waals surface area contributed by atoms with E-state index in [1.807, 2.05) is 51.8 Å². The minimum absolute atomic E-state index is 0.0658. The normalized spacial score (nSPS) is 16.4. The Hall–Kier alpha value is -3.82. The van der Waals surface area contributed by atoms with Gasteiger partial charge in [0.2, 0.25) is 20.0 Å². The minimum atomic E-state index is -3.88. The third kappa shape index (κ3) is 10.2. The van der Waals surface area contributed by atoms with E-state index in [0.29, 0.717) is 0 Å². The quantitative estimate of drug-likeness (QED) is 0.250. The summed E-state index contributed by atoms with van der Waals surface area (Å²) >= 11 is 0. The molecule has 4 aromatic carbocycles. The number of aryl methyl sites for hydroxylation is 2. The molecule has 0 unspecified atom stereocenters. The van der Waals surface area contributed by atoms with Crippen LogP contribution in [0.3, 0.4) is 0 Å². The Morgan fingerprint density at radius 1 is 0.491 bits per heavy atom. The van der Waals surface area contributed by atoms with Gasteiger partial charge >= 0.3 is 0 Å². The predicted octanol–water partition coefficient (Wildman–Crippen LogP) is 5.55. The maximum atomic E-state index is 13.9. The largest absolute Gasteiger partial charge is 0.379 e. The molecule has 0 fully saturated rings. The number of nitrogens with zero attached hydrogens (tertiary/aromatic N) is 4. The van der Waals surface area contributed by atoms with Crippen LogP contribution in [0, 0.1) is 13.8 Å². The molecule has 5 rings (SSSR count). The molecule has 1 heterocycles. The summed E-state index contributed by atoms with van der Waals surface area (Å²) in [6, 6.07) is 26.0. The van der Waals surface area contributed by atoms with Crippen molar-refractivity contribution in [3.05, 3.63) is 107 Å². The van der Waals surface area contributed by atoms with Crippen molar-refractivity contribution in [1.82, 2.24) is 8.61 Å². The zero-order valence-electron chi connectivity index (χ0n) is 31.6. The van der Waals surface area contributed by atoms with Gasteiger partial charge < -0.3 is 24.0 Å². The van der Waals surface area contributed by atoms with Crippen molar-refractivity contribution in [3.63, 3.8) is 0 Å². The standard InChI is InChI=1S/C40H52N4O7S2/c1-31-7-13-37(14-8-31)52(45,46)43-19-23-49-24-20-44(53(47,48)38-15-9-32(2)10-16-38)22-26-51-30-34-28-36(42(5)6)12-18-40(34)39-17-11-35(41(3)4)27-33(39)29-50-25-21-43/h7-18,27-28H,19-26,29-30H2,1-6H3. The fourth-order valence-corrected chi connectivity index (χ4v) is 8.85. The fraction of sp³-hybridized carbons (Fsp3) is 0.400. The van der Waals surface area contributed by atoms with Gasteiger partial charge in [-0.1, -0.05) is 47.5 Å². The van der Waals surface area contributed by atoms with Crippen molar-refractivity contribution in [2.75, 3.05) is 90.6 Å². The molecule has 53 heavy (non-hydrogen) atoms. The molecule has 0 aliphatic carbocycles. The van der Waals surface area contributed by atoms with Crippen LogP contribution in [0.5, 0.6) is 0 Å². The molecule has 0 spiro atoms. The van der Waals surface area contributed by atoms with Gasteiger partial charge in [-0.3, -0.25) is 0 Å². The van der Waals surface area contributed by atoms with Gasteiger partial charge in [0, 0.05) is 65.7 Å². The molecule has 0 atom stereocenters. The summed E-state index contributed by atoms with van der Waals surface area (Å²) in [6.45, 7) is 5.10. The highest BCUT2D eigenvalue weighted by Gasteiger charge is 2.26. The van der Waals surface area contributed by atoms with Gasteiger partial charge in [-0.2, -0.15) is 8.61 Å². The number of hydrogen-bond acceptors (Lipinski definition) is 9. The van der Waals surface area contributed by atoms with E-state index in [2.05, 4.69) is 36.4 Å². The second kappa shape index (κ2) is 18.0. The number of rotatable bonds is 6. The van der Waals surface area contributed by atoms with E-state index >= 15 is 0 Å². The van der Waals surface area contributed by atoms with Crippen LogP contribution >= 0.6 is 0 Å². The van der Waals surface area contributed by atoms with Crippen molar-refractivity contribution in [2.24, 2.45) is 0 Å². The van der Waals surface area contributed by atoms with Gasteiger partial charge in [0.05, 0.1) is 49.4 Å². The lowest BCUT2D eigenvalue weighted by Crippen LogP contribution is -2.38. The first-order chi connectivity index (χ1) is 25.3. The number of ether oxygens (including phenoxy) is 3. The van der Waals surface area contributed by atoms with E-state index in [0.717, 1.165) is 44.8 Å². The van der Waals surface area contributed by atoms with Crippen LogP contribution in [0.1, 0.15) is 22.3 Å². The van der Waals surface area contributed by atoms with Gasteiger partial charge in [0.1, 0.15) is 0 Å². The Morgan fingerprint density at radius 3 is 1.17 bits per heavy atom. The Balaban J connectivity index is 1.50. The third-order valence-electron chi connectivity index (χ3n) is 9.27. The topological polar surface area (TPSA) is 109 Å². The van der Waals surface area contributed by atoms with Crippen molar-refractivity contribution >= 4 is 31.4 Å². The van der Waals surface area contributed by atoms with Gasteiger partial charge in [0.15, 0.2) is 0 Å². The first kappa shape index (κ1) is 40.4. The van der Waals surface area contributed by atoms with Crippen molar-refractivity contribution in [3.8, 4) is 11.1 Å². The molecular formula is C40H52N4O7S2. The van der Waals surface area contributed by atoms with Gasteiger partial charge in [0.25, 0.3) is 0 Å². The van der Waals surface area contributed by atoms with E-state index < -0.39 is 20.0 Å². The molecule has 0 saturated heterocycles. The van der Waals surface area contributed by atoms with E-state index in [9.17, 15) is 16.8 Å². The Kier molecular flexibility index (Phi) is 13.7. The maximum Gasteiger partial charge on any atom is 0.243 e. The summed E-state index contributed by atoms with van der Waals surface area (Å²) < 4.78 is 76.6. The molecule has 0 radical (unpaired) electrons. The molecule has 286 valence electrons. The first-order valence-corrected chi connectivity index (χ1v) is 20.6. The van der Waals surface area contributed by atoms with Gasteiger partial charge in [-0.15, -0.1) is 0 Å². The van der Waals surface area contributed by atoms with Crippen LogP contribution in [0.25, 0.3) is 11.1 Å². The van der Waals surface area contributed by atoms with Crippen LogP contribution in [-0.4, -0.2) is 106 Å². The van der Waals surface area contributed by atoms with Crippen molar-refractivity contribution in [1.29, 1.82) is 0 Å². The lowest BCUT2D eigenvalue weighted by Gasteiger charge is -2.24. The second-order valence-electron chi connectivity index (χ2n) is 13.6. The van der Waals surface area contributed by atoms with Gasteiger partial charge in [-0.05, 0) is 84.6 Å². The van der Waals surface area contributed by atoms with Crippen LogP contribution in [0.2, 0.25) is 0 Å². The molecule has 0 amide bonds. The number of sulfonamides is 2. The second-order valence-corrected chi connectivity index (χ2v) is 17.5. The molecule has 1 aliphatic heterocycles. The van der Waals surface area contributed by atoms with E-state index in [1.54, 1.807) is 48.5 Å². The summed E-state index contributed by atoms with van der Waals surface area (Å²) in [5.41, 5.74) is 7.75. The average molecular weight is 765 g/mol. The van der Waals surface area contributed by atoms with Crippen molar-refractivity contribution < 1.29 is 31.0 Å². The average Bonchev–Trinajstić information content (AvgIpc) is 3.12. The number of anilines is 2. The lowest BCUT2D eigenvalue weighted by atomic mass is 9.94. The summed E-state index contributed by atoms with van der Waals surface area (Å²) in [6.07, 6.45) is 0. The monoisotopic (exact) mass is 764 g/mol. The molecule has 4 aromatic rings. The van der Waals surface area contributed by atoms with Gasteiger partial charge in [-0.25, -0.2) is 16.8 Å². The highest BCUT2D eigenvalue weighted by Crippen LogP contribution is 2.33. The van der Waals surface area contributed by atoms with Crippen LogP contribution in [0.15, 0.2) is 94.7 Å². The maximum absolute atomic E-state index is 13.9. The molecule has 0 bridgehead atoms. The zero-order chi connectivity index (χ0) is 38.2. The lowest BCUT2D eigenvalue weighted by molar-refractivity contribution is 0.0821. The Bertz CT molecular complexity index is 1890. The molecular weight excluding hydrogens is 713 g/mol. The molecule has 0 saturated carbocycles. The molecule has 0 aromatic heterocycles. The minimum Gasteiger partial charge on any atom is -0.379 e. The Labute approximate surface area is 315 Å². The first-order valence-electron chi connectivity index (χ1n) is 17.7. The number of benzene rings is 4. The smallest absolute Gasteiger partial charge is 0.243 e. The van der Waals surface area contributed by atoms with Crippen LogP contribution < -0.4 is 9.80 Å². The summed E-state index contributed by atoms with van der Waals surface area (Å²) in [5, 5.41) is 0. The predicted molar refractivity (Wildman–Crippen MR) is 211 cm³/mol. The highest BCUT2D eigenvalue weighted by atomic mass is 32.2. The van der Waals surface area contributed by atoms with E-state index in [-0.39, 0.29) is 75.6 Å². The SMILES string of the molecule is Cc1ccc(S(=O)(=O)N2CCOCCN(S(=O)(=O)c3ccc(C)cc3)CCOCc3cc(N(C)C)ccc3-c3ccc(N(C)C)cc3COCC2)cc1. The summed E-state index contributed by atoms with van der Waals surface area (Å²) in [4.78, 5) is 4.43. The van der Waals surface area contributed by atoms with E-state index in [1.165, 1.54) is 8.61 Å². The third-order valence-corrected chi connectivity index (χ3v) is 13.1. The summed E-state index contributed by atoms with van der Waals surface area (Å²) in [5.74, 6) is 0. The molecule has 11 nitrogen and oxygen atoms in total. The summed E-state index contributed by atoms with van der Waals surface area (Å²) in [7, 11) is 0.176. The fourth-order valence-electron chi connectivity index (χ4n) is 6.04. The molecule has 13 heteroatoms. The van der Waals surface area contributed by atoms with Crippen molar-refractivity contribution in [2.45, 2.75) is 36.9 Å².